The van der Waals surface area contributed by atoms with E-state index < -0.39 is 5.82 Å². The van der Waals surface area contributed by atoms with Crippen LogP contribution in [0.1, 0.15) is 6.92 Å². The van der Waals surface area contributed by atoms with Gasteiger partial charge in [-0.05, 0) is 47.7 Å². The van der Waals surface area contributed by atoms with Gasteiger partial charge in [-0.15, -0.1) is 10.2 Å². The Bertz CT molecular complexity index is 989. The van der Waals surface area contributed by atoms with E-state index in [-0.39, 0.29) is 24.2 Å². The fourth-order valence-corrected chi connectivity index (χ4v) is 2.46. The van der Waals surface area contributed by atoms with Crippen LogP contribution in [-0.4, -0.2) is 32.0 Å². The van der Waals surface area contributed by atoms with Gasteiger partial charge in [0, 0.05) is 18.2 Å². The normalized spacial score (nSPS) is 10.5. The number of nitrogens with zero attached hydrogens (tertiary/aromatic N) is 4. The number of hydrogen-bond donors (Lipinski definition) is 2. The van der Waals surface area contributed by atoms with Crippen molar-refractivity contribution in [1.82, 2.24) is 20.2 Å². The van der Waals surface area contributed by atoms with E-state index in [1.165, 1.54) is 31.2 Å². The van der Waals surface area contributed by atoms with Crippen LogP contribution in [0.15, 0.2) is 42.5 Å². The van der Waals surface area contributed by atoms with Gasteiger partial charge in [0.05, 0.1) is 10.7 Å². The first-order chi connectivity index (χ1) is 12.9. The van der Waals surface area contributed by atoms with Gasteiger partial charge in [0.15, 0.2) is 0 Å². The molecule has 3 rings (SSSR count). The number of aromatic nitrogens is 4. The van der Waals surface area contributed by atoms with Crippen molar-refractivity contribution >= 4 is 34.8 Å². The van der Waals surface area contributed by atoms with Crippen molar-refractivity contribution in [3.63, 3.8) is 0 Å². The zero-order valence-corrected chi connectivity index (χ0v) is 14.9. The maximum Gasteiger partial charge on any atom is 0.248 e. The lowest BCUT2D eigenvalue weighted by molar-refractivity contribution is -0.117. The predicted molar refractivity (Wildman–Crippen MR) is 97.6 cm³/mol. The summed E-state index contributed by atoms with van der Waals surface area (Å²) in [5.41, 5.74) is 1.51. The Balaban J connectivity index is 1.67. The van der Waals surface area contributed by atoms with E-state index in [9.17, 15) is 14.0 Å². The number of halogens is 2. The first-order valence-corrected chi connectivity index (χ1v) is 8.19. The summed E-state index contributed by atoms with van der Waals surface area (Å²) < 4.78 is 12.9. The quantitative estimate of drug-likeness (QED) is 0.699. The van der Waals surface area contributed by atoms with Crippen LogP contribution in [0.25, 0.3) is 11.4 Å². The molecule has 27 heavy (non-hydrogen) atoms. The molecule has 2 amide bonds. The molecule has 8 nitrogen and oxygen atoms in total. The molecule has 1 heterocycles. The first kappa shape index (κ1) is 18.5. The van der Waals surface area contributed by atoms with Gasteiger partial charge >= 0.3 is 0 Å². The Morgan fingerprint density at radius 1 is 1.15 bits per heavy atom. The average molecular weight is 389 g/mol. The highest BCUT2D eigenvalue weighted by Gasteiger charge is 2.12. The molecule has 0 bridgehead atoms. The molecule has 0 radical (unpaired) electrons. The highest BCUT2D eigenvalue weighted by atomic mass is 35.5. The number of tetrazole rings is 1. The number of amides is 2. The van der Waals surface area contributed by atoms with Crippen molar-refractivity contribution in [3.8, 4) is 11.4 Å². The van der Waals surface area contributed by atoms with Crippen molar-refractivity contribution in [2.24, 2.45) is 0 Å². The molecule has 0 aliphatic carbocycles. The molecule has 10 heteroatoms. The predicted octanol–water partition coefficient (Wildman–Crippen LogP) is 2.73. The second kappa shape index (κ2) is 7.92. The SMILES string of the molecule is CC(=O)Nc1ccc(-c2nnn(CC(=O)Nc3ccc(F)cc3)n2)cc1Cl. The van der Waals surface area contributed by atoms with Crippen molar-refractivity contribution in [1.29, 1.82) is 0 Å². The monoisotopic (exact) mass is 388 g/mol. The van der Waals surface area contributed by atoms with E-state index in [2.05, 4.69) is 26.0 Å². The van der Waals surface area contributed by atoms with Gasteiger partial charge in [-0.25, -0.2) is 4.39 Å². The molecule has 0 fully saturated rings. The summed E-state index contributed by atoms with van der Waals surface area (Å²) in [5, 5.41) is 17.4. The molecule has 0 aliphatic heterocycles. The van der Waals surface area contributed by atoms with Gasteiger partial charge in [-0.3, -0.25) is 9.59 Å². The molecule has 2 N–H and O–H groups in total. The second-order valence-corrected chi connectivity index (χ2v) is 5.98. The number of nitrogens with one attached hydrogen (secondary N) is 2. The van der Waals surface area contributed by atoms with E-state index in [4.69, 9.17) is 11.6 Å². The summed E-state index contributed by atoms with van der Waals surface area (Å²) in [5.74, 6) is -0.731. The van der Waals surface area contributed by atoms with Crippen molar-refractivity contribution in [3.05, 3.63) is 53.3 Å². The molecule has 0 atom stereocenters. The van der Waals surface area contributed by atoms with Gasteiger partial charge < -0.3 is 10.6 Å². The number of carbonyl (C=O) groups is 2. The molecule has 0 unspecified atom stereocenters. The Morgan fingerprint density at radius 2 is 1.89 bits per heavy atom. The van der Waals surface area contributed by atoms with Crippen LogP contribution in [0.3, 0.4) is 0 Å². The molecule has 0 spiro atoms. The van der Waals surface area contributed by atoms with Gasteiger partial charge in [-0.1, -0.05) is 11.6 Å². The second-order valence-electron chi connectivity index (χ2n) is 5.57. The van der Waals surface area contributed by atoms with Crippen LogP contribution < -0.4 is 10.6 Å². The molecule has 138 valence electrons. The number of benzene rings is 2. The highest BCUT2D eigenvalue weighted by molar-refractivity contribution is 6.34. The van der Waals surface area contributed by atoms with E-state index >= 15 is 0 Å². The number of anilines is 2. The van der Waals surface area contributed by atoms with Crippen LogP contribution >= 0.6 is 11.6 Å². The minimum absolute atomic E-state index is 0.165. The summed E-state index contributed by atoms with van der Waals surface area (Å²) in [7, 11) is 0. The van der Waals surface area contributed by atoms with Crippen LogP contribution in [-0.2, 0) is 16.1 Å². The fourth-order valence-electron chi connectivity index (χ4n) is 2.23. The molecule has 2 aromatic carbocycles. The molecule has 1 aromatic heterocycles. The zero-order valence-electron chi connectivity index (χ0n) is 14.1. The zero-order chi connectivity index (χ0) is 19.4. The first-order valence-electron chi connectivity index (χ1n) is 7.81. The Morgan fingerprint density at radius 3 is 2.56 bits per heavy atom. The highest BCUT2D eigenvalue weighted by Crippen LogP contribution is 2.26. The third-order valence-electron chi connectivity index (χ3n) is 3.40. The van der Waals surface area contributed by atoms with E-state index in [1.807, 2.05) is 0 Å². The molecule has 0 aliphatic rings. The van der Waals surface area contributed by atoms with Crippen LogP contribution in [0, 0.1) is 5.82 Å². The van der Waals surface area contributed by atoms with E-state index in [1.54, 1.807) is 18.2 Å². The molecular formula is C17H14ClFN6O2. The summed E-state index contributed by atoms with van der Waals surface area (Å²) in [4.78, 5) is 24.3. The van der Waals surface area contributed by atoms with E-state index in [0.29, 0.717) is 22.0 Å². The largest absolute Gasteiger partial charge is 0.325 e. The van der Waals surface area contributed by atoms with Crippen molar-refractivity contribution in [2.45, 2.75) is 13.5 Å². The van der Waals surface area contributed by atoms with Crippen LogP contribution in [0.2, 0.25) is 5.02 Å². The third-order valence-corrected chi connectivity index (χ3v) is 3.72. The van der Waals surface area contributed by atoms with E-state index in [0.717, 1.165) is 4.80 Å². The van der Waals surface area contributed by atoms with Crippen LogP contribution in [0.4, 0.5) is 15.8 Å². The molecular weight excluding hydrogens is 375 g/mol. The number of hydrogen-bond acceptors (Lipinski definition) is 5. The number of carbonyl (C=O) groups excluding carboxylic acids is 2. The van der Waals surface area contributed by atoms with Gasteiger partial charge in [0.25, 0.3) is 0 Å². The summed E-state index contributed by atoms with van der Waals surface area (Å²) in [6, 6.07) is 10.3. The summed E-state index contributed by atoms with van der Waals surface area (Å²) >= 11 is 6.13. The molecule has 3 aromatic rings. The molecule has 0 saturated carbocycles. The van der Waals surface area contributed by atoms with Gasteiger partial charge in [-0.2, -0.15) is 4.80 Å². The van der Waals surface area contributed by atoms with Gasteiger partial charge in [0.1, 0.15) is 12.4 Å². The standard InChI is InChI=1S/C17H14ClFN6O2/c1-10(26)20-15-7-2-11(8-14(15)18)17-22-24-25(23-17)9-16(27)21-13-5-3-12(19)4-6-13/h2-8H,9H2,1H3,(H,20,26)(H,21,27). The Kier molecular flexibility index (Phi) is 5.41. The lowest BCUT2D eigenvalue weighted by Gasteiger charge is -2.05. The maximum atomic E-state index is 12.9. The Hall–Kier alpha value is -3.33. The molecule has 0 saturated heterocycles. The Labute approximate surface area is 158 Å². The minimum atomic E-state index is -0.390. The lowest BCUT2D eigenvalue weighted by atomic mass is 10.2. The minimum Gasteiger partial charge on any atom is -0.325 e. The van der Waals surface area contributed by atoms with Crippen molar-refractivity contribution in [2.75, 3.05) is 10.6 Å². The van der Waals surface area contributed by atoms with Gasteiger partial charge in [0.2, 0.25) is 17.6 Å². The number of rotatable bonds is 5. The summed E-state index contributed by atoms with van der Waals surface area (Å²) in [6.45, 7) is 1.22. The van der Waals surface area contributed by atoms with Crippen LogP contribution in [0.5, 0.6) is 0 Å². The smallest absolute Gasteiger partial charge is 0.248 e. The fraction of sp³-hybridized carbons (Fsp3) is 0.118. The maximum absolute atomic E-state index is 12.9. The lowest BCUT2D eigenvalue weighted by Crippen LogP contribution is -2.20. The summed E-state index contributed by atoms with van der Waals surface area (Å²) in [6.07, 6.45) is 0. The third kappa shape index (κ3) is 4.85. The topological polar surface area (TPSA) is 102 Å². The average Bonchev–Trinajstić information content (AvgIpc) is 3.06. The van der Waals surface area contributed by atoms with Crippen molar-refractivity contribution < 1.29 is 14.0 Å².